The van der Waals surface area contributed by atoms with Crippen LogP contribution in [0.5, 0.6) is 0 Å². The number of hydrogen-bond donors (Lipinski definition) is 2. The van der Waals surface area contributed by atoms with Crippen LogP contribution in [0.3, 0.4) is 0 Å². The summed E-state index contributed by atoms with van der Waals surface area (Å²) < 4.78 is 39.1. The van der Waals surface area contributed by atoms with Gasteiger partial charge in [-0.1, -0.05) is 0 Å². The van der Waals surface area contributed by atoms with Crippen molar-refractivity contribution in [2.75, 3.05) is 11.9 Å². The molecule has 0 unspecified atom stereocenters. The molecule has 0 bridgehead atoms. The van der Waals surface area contributed by atoms with E-state index in [0.717, 1.165) is 12.1 Å². The van der Waals surface area contributed by atoms with Crippen LogP contribution < -0.4 is 10.6 Å². The van der Waals surface area contributed by atoms with Gasteiger partial charge in [0.25, 0.3) is 0 Å². The van der Waals surface area contributed by atoms with E-state index in [9.17, 15) is 18.0 Å². The fourth-order valence-corrected chi connectivity index (χ4v) is 2.06. The molecule has 98 valence electrons. The van der Waals surface area contributed by atoms with Crippen molar-refractivity contribution in [2.45, 2.75) is 19.4 Å². The lowest BCUT2D eigenvalue weighted by molar-refractivity contribution is -0.120. The number of carbonyl (C=O) groups excluding carboxylic acids is 1. The Morgan fingerprint density at radius 1 is 1.33 bits per heavy atom. The monoisotopic (exact) mass is 258 g/mol. The first-order valence-electron chi connectivity index (χ1n) is 5.68. The van der Waals surface area contributed by atoms with Gasteiger partial charge in [0.1, 0.15) is 0 Å². The van der Waals surface area contributed by atoms with Crippen molar-refractivity contribution >= 4 is 11.6 Å². The first-order valence-corrected chi connectivity index (χ1v) is 5.68. The van der Waals surface area contributed by atoms with Gasteiger partial charge in [-0.05, 0) is 32.0 Å². The van der Waals surface area contributed by atoms with Gasteiger partial charge in [-0.2, -0.15) is 0 Å². The van der Waals surface area contributed by atoms with Crippen molar-refractivity contribution in [2.24, 2.45) is 5.92 Å². The molecule has 2 atom stereocenters. The molecular weight excluding hydrogens is 245 g/mol. The summed E-state index contributed by atoms with van der Waals surface area (Å²) in [5.74, 6) is -4.91. The van der Waals surface area contributed by atoms with Crippen molar-refractivity contribution in [1.82, 2.24) is 5.32 Å². The minimum Gasteiger partial charge on any atom is -0.323 e. The molecule has 0 radical (unpaired) electrons. The van der Waals surface area contributed by atoms with Gasteiger partial charge in [-0.15, -0.1) is 0 Å². The van der Waals surface area contributed by atoms with Crippen molar-refractivity contribution in [3.05, 3.63) is 29.6 Å². The van der Waals surface area contributed by atoms with E-state index in [1.165, 1.54) is 0 Å². The van der Waals surface area contributed by atoms with E-state index in [2.05, 4.69) is 10.6 Å². The number of hydrogen-bond acceptors (Lipinski definition) is 2. The standard InChI is InChI=1S/C12H13F3N2O/c1-6-7(4-5-16-6)12(18)17-9-3-2-8(13)10(14)11(9)15/h2-3,6-7,16H,4-5H2,1H3,(H,17,18)/t6-,7-/m0/s1. The molecule has 1 aliphatic rings. The summed E-state index contributed by atoms with van der Waals surface area (Å²) >= 11 is 0. The van der Waals surface area contributed by atoms with Crippen LogP contribution in [0.25, 0.3) is 0 Å². The van der Waals surface area contributed by atoms with Crippen molar-refractivity contribution < 1.29 is 18.0 Å². The Balaban J connectivity index is 2.14. The summed E-state index contributed by atoms with van der Waals surface area (Å²) in [5.41, 5.74) is -0.335. The molecule has 0 spiro atoms. The molecule has 3 nitrogen and oxygen atoms in total. The second-order valence-electron chi connectivity index (χ2n) is 4.35. The predicted octanol–water partition coefficient (Wildman–Crippen LogP) is 2.04. The first-order chi connectivity index (χ1) is 8.50. The van der Waals surface area contributed by atoms with Crippen LogP contribution in [0.4, 0.5) is 18.9 Å². The molecular formula is C12H13F3N2O. The molecule has 1 heterocycles. The number of halogens is 3. The van der Waals surface area contributed by atoms with E-state index in [1.54, 1.807) is 0 Å². The first kappa shape index (κ1) is 12.9. The maximum atomic E-state index is 13.4. The summed E-state index contributed by atoms with van der Waals surface area (Å²) in [6, 6.07) is 1.78. The van der Waals surface area contributed by atoms with Gasteiger partial charge in [0.2, 0.25) is 5.91 Å². The highest BCUT2D eigenvalue weighted by Gasteiger charge is 2.30. The van der Waals surface area contributed by atoms with Gasteiger partial charge >= 0.3 is 0 Å². The van der Waals surface area contributed by atoms with Gasteiger partial charge in [0.15, 0.2) is 17.5 Å². The molecule has 1 aromatic carbocycles. The number of anilines is 1. The normalized spacial score (nSPS) is 23.1. The Bertz CT molecular complexity index is 479. The average molecular weight is 258 g/mol. The quantitative estimate of drug-likeness (QED) is 0.797. The van der Waals surface area contributed by atoms with E-state index in [1.807, 2.05) is 6.92 Å². The van der Waals surface area contributed by atoms with Crippen LogP contribution in [0.2, 0.25) is 0 Å². The van der Waals surface area contributed by atoms with Gasteiger partial charge in [0, 0.05) is 6.04 Å². The zero-order chi connectivity index (χ0) is 13.3. The summed E-state index contributed by atoms with van der Waals surface area (Å²) in [6.45, 7) is 2.55. The van der Waals surface area contributed by atoms with Gasteiger partial charge in [-0.3, -0.25) is 4.79 Å². The Morgan fingerprint density at radius 2 is 2.06 bits per heavy atom. The molecule has 2 N–H and O–H groups in total. The van der Waals surface area contributed by atoms with Gasteiger partial charge < -0.3 is 10.6 Å². The van der Waals surface area contributed by atoms with E-state index >= 15 is 0 Å². The van der Waals surface area contributed by atoms with Crippen LogP contribution in [0.1, 0.15) is 13.3 Å². The minimum atomic E-state index is -1.58. The number of amides is 1. The van der Waals surface area contributed by atoms with Gasteiger partial charge in [-0.25, -0.2) is 13.2 Å². The third kappa shape index (κ3) is 2.33. The molecule has 0 aliphatic carbocycles. The third-order valence-electron chi connectivity index (χ3n) is 3.16. The molecule has 1 saturated heterocycles. The van der Waals surface area contributed by atoms with Crippen LogP contribution in [-0.2, 0) is 4.79 Å². The lowest BCUT2D eigenvalue weighted by Crippen LogP contribution is -2.32. The highest BCUT2D eigenvalue weighted by Crippen LogP contribution is 2.22. The SMILES string of the molecule is C[C@@H]1NCC[C@@H]1C(=O)Nc1ccc(F)c(F)c1F. The number of benzene rings is 1. The summed E-state index contributed by atoms with van der Waals surface area (Å²) in [4.78, 5) is 11.8. The third-order valence-corrected chi connectivity index (χ3v) is 3.16. The second kappa shape index (κ2) is 4.97. The molecule has 18 heavy (non-hydrogen) atoms. The Labute approximate surface area is 102 Å². The lowest BCUT2D eigenvalue weighted by atomic mass is 10.0. The fraction of sp³-hybridized carbons (Fsp3) is 0.417. The highest BCUT2D eigenvalue weighted by atomic mass is 19.2. The van der Waals surface area contributed by atoms with E-state index in [4.69, 9.17) is 0 Å². The largest absolute Gasteiger partial charge is 0.323 e. The molecule has 1 amide bonds. The zero-order valence-electron chi connectivity index (χ0n) is 9.77. The van der Waals surface area contributed by atoms with Crippen LogP contribution >= 0.6 is 0 Å². The molecule has 0 aromatic heterocycles. The molecule has 6 heteroatoms. The van der Waals surface area contributed by atoms with Crippen molar-refractivity contribution in [1.29, 1.82) is 0 Å². The Kier molecular flexibility index (Phi) is 3.56. The highest BCUT2D eigenvalue weighted by molar-refractivity contribution is 5.93. The minimum absolute atomic E-state index is 0.0154. The maximum absolute atomic E-state index is 13.4. The molecule has 1 fully saturated rings. The smallest absolute Gasteiger partial charge is 0.229 e. The topological polar surface area (TPSA) is 41.1 Å². The van der Waals surface area contributed by atoms with Gasteiger partial charge in [0.05, 0.1) is 11.6 Å². The van der Waals surface area contributed by atoms with E-state index in [0.29, 0.717) is 13.0 Å². The number of rotatable bonds is 2. The summed E-state index contributed by atoms with van der Waals surface area (Å²) in [5, 5.41) is 5.37. The van der Waals surface area contributed by atoms with Crippen LogP contribution in [-0.4, -0.2) is 18.5 Å². The van der Waals surface area contributed by atoms with Crippen molar-refractivity contribution in [3.8, 4) is 0 Å². The number of carbonyl (C=O) groups is 1. The molecule has 1 aliphatic heterocycles. The Morgan fingerprint density at radius 3 is 2.67 bits per heavy atom. The molecule has 0 saturated carbocycles. The average Bonchev–Trinajstić information content (AvgIpc) is 2.76. The van der Waals surface area contributed by atoms with Crippen molar-refractivity contribution in [3.63, 3.8) is 0 Å². The Hall–Kier alpha value is -1.56. The lowest BCUT2D eigenvalue weighted by Gasteiger charge is -2.15. The van der Waals surface area contributed by atoms with E-state index in [-0.39, 0.29) is 17.6 Å². The van der Waals surface area contributed by atoms with Crippen LogP contribution in [0.15, 0.2) is 12.1 Å². The molecule has 2 rings (SSSR count). The number of nitrogens with one attached hydrogen (secondary N) is 2. The summed E-state index contributed by atoms with van der Waals surface area (Å²) in [6.07, 6.45) is 0.637. The van der Waals surface area contributed by atoms with Crippen LogP contribution in [0, 0.1) is 23.4 Å². The zero-order valence-corrected chi connectivity index (χ0v) is 9.77. The predicted molar refractivity (Wildman–Crippen MR) is 60.5 cm³/mol. The molecule has 1 aromatic rings. The fourth-order valence-electron chi connectivity index (χ4n) is 2.06. The second-order valence-corrected chi connectivity index (χ2v) is 4.35. The maximum Gasteiger partial charge on any atom is 0.229 e. The summed E-state index contributed by atoms with van der Waals surface area (Å²) in [7, 11) is 0. The van der Waals surface area contributed by atoms with E-state index < -0.39 is 23.4 Å².